The van der Waals surface area contributed by atoms with E-state index in [9.17, 15) is 4.79 Å². The molecule has 0 aromatic rings. The molecule has 0 amide bonds. The second-order valence-corrected chi connectivity index (χ2v) is 3.72. The zero-order valence-electron chi connectivity index (χ0n) is 8.21. The van der Waals surface area contributed by atoms with Crippen LogP contribution in [0, 0.1) is 0 Å². The van der Waals surface area contributed by atoms with Gasteiger partial charge in [-0.1, -0.05) is 12.2 Å². The lowest BCUT2D eigenvalue weighted by molar-refractivity contribution is -0.132. The van der Waals surface area contributed by atoms with E-state index in [1.54, 1.807) is 12.2 Å². The average Bonchev–Trinajstić information content (AvgIpc) is 1.95. The maximum absolute atomic E-state index is 10.6. The number of carbonyl (C=O) groups is 1. The molecule has 0 rings (SSSR count). The van der Waals surface area contributed by atoms with Crippen molar-refractivity contribution in [1.82, 2.24) is 0 Å². The number of hydrogen-bond donors (Lipinski definition) is 2. The second-order valence-electron chi connectivity index (χ2n) is 3.72. The largest absolute Gasteiger partial charge is 0.478 e. The lowest BCUT2D eigenvalue weighted by atomic mass is 9.99. The van der Waals surface area contributed by atoms with Crippen LogP contribution in [0.5, 0.6) is 0 Å². The Balaban J connectivity index is 4.37. The smallest absolute Gasteiger partial charge is 0.331 e. The standard InChI is InChI=1S/C10H17NO2/c1-4-5-8(9(12)13)6-7-10(2,3)11/h4,6H,1,5,7,11H2,2-3H3,(H,12,13). The first-order valence-electron chi connectivity index (χ1n) is 4.19. The molecule has 0 aromatic heterocycles. The monoisotopic (exact) mass is 183 g/mol. The summed E-state index contributed by atoms with van der Waals surface area (Å²) in [7, 11) is 0. The van der Waals surface area contributed by atoms with Gasteiger partial charge in [0.05, 0.1) is 0 Å². The summed E-state index contributed by atoms with van der Waals surface area (Å²) < 4.78 is 0. The fraction of sp³-hybridized carbons (Fsp3) is 0.500. The summed E-state index contributed by atoms with van der Waals surface area (Å²) in [6, 6.07) is 0. The Hall–Kier alpha value is -1.09. The van der Waals surface area contributed by atoms with Crippen LogP contribution >= 0.6 is 0 Å². The molecule has 0 aliphatic heterocycles. The van der Waals surface area contributed by atoms with Gasteiger partial charge < -0.3 is 10.8 Å². The zero-order chi connectivity index (χ0) is 10.5. The van der Waals surface area contributed by atoms with Gasteiger partial charge in [0.25, 0.3) is 0 Å². The molecular weight excluding hydrogens is 166 g/mol. The quantitative estimate of drug-likeness (QED) is 0.503. The Morgan fingerprint density at radius 2 is 2.15 bits per heavy atom. The van der Waals surface area contributed by atoms with E-state index in [-0.39, 0.29) is 5.54 Å². The summed E-state index contributed by atoms with van der Waals surface area (Å²) in [4.78, 5) is 10.6. The first kappa shape index (κ1) is 11.9. The minimum absolute atomic E-state index is 0.355. The molecule has 0 aromatic carbocycles. The Bertz CT molecular complexity index is 224. The SMILES string of the molecule is C=CCC(=CCC(C)(C)N)C(=O)O. The lowest BCUT2D eigenvalue weighted by Gasteiger charge is -2.15. The third kappa shape index (κ3) is 6.11. The van der Waals surface area contributed by atoms with E-state index in [0.717, 1.165) is 0 Å². The molecule has 0 bridgehead atoms. The highest BCUT2D eigenvalue weighted by atomic mass is 16.4. The fourth-order valence-electron chi connectivity index (χ4n) is 0.800. The fourth-order valence-corrected chi connectivity index (χ4v) is 0.800. The summed E-state index contributed by atoms with van der Waals surface area (Å²) in [5.74, 6) is -0.899. The van der Waals surface area contributed by atoms with E-state index in [4.69, 9.17) is 10.8 Å². The van der Waals surface area contributed by atoms with Gasteiger partial charge in [-0.3, -0.25) is 0 Å². The van der Waals surface area contributed by atoms with Crippen molar-refractivity contribution >= 4 is 5.97 Å². The van der Waals surface area contributed by atoms with Crippen molar-refractivity contribution < 1.29 is 9.90 Å². The molecule has 13 heavy (non-hydrogen) atoms. The van der Waals surface area contributed by atoms with E-state index < -0.39 is 5.97 Å². The molecule has 0 atom stereocenters. The van der Waals surface area contributed by atoms with Gasteiger partial charge in [-0.25, -0.2) is 4.79 Å². The van der Waals surface area contributed by atoms with Crippen LogP contribution < -0.4 is 5.73 Å². The van der Waals surface area contributed by atoms with Crippen LogP contribution in [0.4, 0.5) is 0 Å². The van der Waals surface area contributed by atoms with Crippen molar-refractivity contribution in [2.24, 2.45) is 5.73 Å². The zero-order valence-corrected chi connectivity index (χ0v) is 8.21. The molecule has 0 aliphatic rings. The lowest BCUT2D eigenvalue weighted by Crippen LogP contribution is -2.31. The first-order valence-corrected chi connectivity index (χ1v) is 4.19. The normalized spacial score (nSPS) is 12.7. The van der Waals surface area contributed by atoms with Crippen molar-refractivity contribution in [2.75, 3.05) is 0 Å². The van der Waals surface area contributed by atoms with Crippen LogP contribution in [-0.4, -0.2) is 16.6 Å². The number of carboxylic acid groups (broad SMARTS) is 1. The highest BCUT2D eigenvalue weighted by Crippen LogP contribution is 2.10. The molecule has 0 spiro atoms. The van der Waals surface area contributed by atoms with E-state index in [2.05, 4.69) is 6.58 Å². The van der Waals surface area contributed by atoms with Crippen LogP contribution in [0.15, 0.2) is 24.3 Å². The Kier molecular flexibility index (Phi) is 4.42. The van der Waals surface area contributed by atoms with Crippen LogP contribution in [0.2, 0.25) is 0 Å². The molecular formula is C10H17NO2. The van der Waals surface area contributed by atoms with Crippen LogP contribution in [0.1, 0.15) is 26.7 Å². The summed E-state index contributed by atoms with van der Waals surface area (Å²) in [6.07, 6.45) is 4.17. The first-order chi connectivity index (χ1) is 5.87. The predicted molar refractivity (Wildman–Crippen MR) is 53.4 cm³/mol. The summed E-state index contributed by atoms with van der Waals surface area (Å²) >= 11 is 0. The summed E-state index contributed by atoms with van der Waals surface area (Å²) in [5, 5.41) is 8.74. The molecule has 0 saturated heterocycles. The van der Waals surface area contributed by atoms with Gasteiger partial charge in [-0.15, -0.1) is 6.58 Å². The van der Waals surface area contributed by atoms with Gasteiger partial charge in [-0.2, -0.15) is 0 Å². The van der Waals surface area contributed by atoms with Gasteiger partial charge in [-0.05, 0) is 26.7 Å². The number of rotatable bonds is 5. The number of hydrogen-bond acceptors (Lipinski definition) is 2. The van der Waals surface area contributed by atoms with Crippen molar-refractivity contribution in [3.63, 3.8) is 0 Å². The van der Waals surface area contributed by atoms with Gasteiger partial charge in [0.15, 0.2) is 0 Å². The average molecular weight is 183 g/mol. The van der Waals surface area contributed by atoms with Crippen LogP contribution in [-0.2, 0) is 4.79 Å². The molecule has 0 aliphatic carbocycles. The van der Waals surface area contributed by atoms with Gasteiger partial charge in [0.2, 0.25) is 0 Å². The molecule has 0 heterocycles. The highest BCUT2D eigenvalue weighted by molar-refractivity contribution is 5.86. The molecule has 0 fully saturated rings. The third-order valence-electron chi connectivity index (χ3n) is 1.51. The van der Waals surface area contributed by atoms with Gasteiger partial charge in [0.1, 0.15) is 0 Å². The molecule has 0 radical (unpaired) electrons. The predicted octanol–water partition coefficient (Wildman–Crippen LogP) is 1.70. The van der Waals surface area contributed by atoms with Crippen LogP contribution in [0.3, 0.4) is 0 Å². The molecule has 3 nitrogen and oxygen atoms in total. The van der Waals surface area contributed by atoms with E-state index >= 15 is 0 Å². The van der Waals surface area contributed by atoms with E-state index in [0.29, 0.717) is 18.4 Å². The van der Waals surface area contributed by atoms with E-state index in [1.165, 1.54) is 0 Å². The van der Waals surface area contributed by atoms with Crippen molar-refractivity contribution in [3.8, 4) is 0 Å². The van der Waals surface area contributed by atoms with Crippen LogP contribution in [0.25, 0.3) is 0 Å². The second kappa shape index (κ2) is 4.82. The summed E-state index contributed by atoms with van der Waals surface area (Å²) in [6.45, 7) is 7.21. The van der Waals surface area contributed by atoms with Crippen molar-refractivity contribution in [2.45, 2.75) is 32.2 Å². The highest BCUT2D eigenvalue weighted by Gasteiger charge is 2.11. The minimum atomic E-state index is -0.899. The Morgan fingerprint density at radius 1 is 1.62 bits per heavy atom. The number of allylic oxidation sites excluding steroid dienone is 1. The van der Waals surface area contributed by atoms with Crippen molar-refractivity contribution in [1.29, 1.82) is 0 Å². The Labute approximate surface area is 78.9 Å². The molecule has 74 valence electrons. The topological polar surface area (TPSA) is 63.3 Å². The molecule has 0 saturated carbocycles. The van der Waals surface area contributed by atoms with Gasteiger partial charge in [0, 0.05) is 11.1 Å². The Morgan fingerprint density at radius 3 is 2.46 bits per heavy atom. The number of aliphatic carboxylic acids is 1. The third-order valence-corrected chi connectivity index (χ3v) is 1.51. The number of nitrogens with two attached hydrogens (primary N) is 1. The summed E-state index contributed by atoms with van der Waals surface area (Å²) in [5.41, 5.74) is 5.71. The number of carboxylic acids is 1. The molecule has 3 N–H and O–H groups in total. The minimum Gasteiger partial charge on any atom is -0.478 e. The van der Waals surface area contributed by atoms with Crippen molar-refractivity contribution in [3.05, 3.63) is 24.3 Å². The maximum Gasteiger partial charge on any atom is 0.331 e. The molecule has 0 unspecified atom stereocenters. The molecule has 3 heteroatoms. The maximum atomic E-state index is 10.6. The van der Waals surface area contributed by atoms with Gasteiger partial charge >= 0.3 is 5.97 Å². The van der Waals surface area contributed by atoms with E-state index in [1.807, 2.05) is 13.8 Å².